The Morgan fingerprint density at radius 2 is 1.17 bits per heavy atom. The van der Waals surface area contributed by atoms with Gasteiger partial charge in [-0.2, -0.15) is 0 Å². The van der Waals surface area contributed by atoms with Gasteiger partial charge in [-0.05, 0) is 11.1 Å². The number of rotatable bonds is 14. The maximum absolute atomic E-state index is 12.4. The molecule has 0 heterocycles. The van der Waals surface area contributed by atoms with Gasteiger partial charge < -0.3 is 34.9 Å². The molecule has 11 heteroatoms. The van der Waals surface area contributed by atoms with Crippen LogP contribution in [0.3, 0.4) is 0 Å². The lowest BCUT2D eigenvalue weighted by molar-refractivity contribution is -0.145. The number of carboxylic acids is 1. The molecule has 0 spiro atoms. The standard InChI is InChI=1S/C24H29N3O8/c28-21(17-33-18-22(29)30)27(13-11-25-23(31)34-15-19-7-3-1-4-8-19)14-12-26-24(32)35-16-20-9-5-2-6-10-20/h1-10H,11-18H2,(H,25,31)(H,26,32)(H,29,30). The summed E-state index contributed by atoms with van der Waals surface area (Å²) in [5, 5.41) is 13.8. The fourth-order valence-electron chi connectivity index (χ4n) is 2.81. The molecular formula is C24H29N3O8. The van der Waals surface area contributed by atoms with Crippen molar-refractivity contribution in [2.75, 3.05) is 39.4 Å². The van der Waals surface area contributed by atoms with Gasteiger partial charge in [0, 0.05) is 26.2 Å². The maximum Gasteiger partial charge on any atom is 0.407 e. The third-order valence-corrected chi connectivity index (χ3v) is 4.53. The number of amides is 3. The Bertz CT molecular complexity index is 879. The Labute approximate surface area is 203 Å². The number of hydrogen-bond acceptors (Lipinski definition) is 7. The quantitative estimate of drug-likeness (QED) is 0.366. The van der Waals surface area contributed by atoms with E-state index in [1.807, 2.05) is 60.7 Å². The summed E-state index contributed by atoms with van der Waals surface area (Å²) >= 11 is 0. The predicted molar refractivity (Wildman–Crippen MR) is 124 cm³/mol. The SMILES string of the molecule is O=C(O)COCC(=O)N(CCNC(=O)OCc1ccccc1)CCNC(=O)OCc1ccccc1. The second-order valence-corrected chi connectivity index (χ2v) is 7.24. The minimum atomic E-state index is -1.20. The number of nitrogens with zero attached hydrogens (tertiary/aromatic N) is 1. The molecule has 188 valence electrons. The monoisotopic (exact) mass is 487 g/mol. The number of alkyl carbamates (subject to hydrolysis) is 2. The van der Waals surface area contributed by atoms with E-state index in [1.165, 1.54) is 4.90 Å². The van der Waals surface area contributed by atoms with Gasteiger partial charge in [-0.25, -0.2) is 14.4 Å². The number of ether oxygens (including phenoxy) is 3. The molecule has 0 saturated carbocycles. The van der Waals surface area contributed by atoms with Crippen molar-refractivity contribution in [3.8, 4) is 0 Å². The number of benzene rings is 2. The van der Waals surface area contributed by atoms with Gasteiger partial charge in [0.25, 0.3) is 0 Å². The lowest BCUT2D eigenvalue weighted by Crippen LogP contribution is -2.44. The topological polar surface area (TPSA) is 144 Å². The van der Waals surface area contributed by atoms with E-state index in [1.54, 1.807) is 0 Å². The van der Waals surface area contributed by atoms with E-state index in [0.717, 1.165) is 11.1 Å². The average molecular weight is 488 g/mol. The summed E-state index contributed by atoms with van der Waals surface area (Å²) < 4.78 is 15.1. The van der Waals surface area contributed by atoms with Crippen molar-refractivity contribution in [3.63, 3.8) is 0 Å². The smallest absolute Gasteiger partial charge is 0.407 e. The Morgan fingerprint density at radius 3 is 1.60 bits per heavy atom. The van der Waals surface area contributed by atoms with Gasteiger partial charge in [-0.3, -0.25) is 4.79 Å². The van der Waals surface area contributed by atoms with Gasteiger partial charge in [0.05, 0.1) is 0 Å². The summed E-state index contributed by atoms with van der Waals surface area (Å²) in [4.78, 5) is 48.2. The van der Waals surface area contributed by atoms with Crippen LogP contribution in [0, 0.1) is 0 Å². The molecule has 0 atom stereocenters. The summed E-state index contributed by atoms with van der Waals surface area (Å²) in [6, 6.07) is 18.3. The fourth-order valence-corrected chi connectivity index (χ4v) is 2.81. The molecule has 11 nitrogen and oxygen atoms in total. The minimum absolute atomic E-state index is 0.0801. The predicted octanol–water partition coefficient (Wildman–Crippen LogP) is 1.77. The van der Waals surface area contributed by atoms with E-state index in [0.29, 0.717) is 0 Å². The molecule has 0 unspecified atom stereocenters. The first-order chi connectivity index (χ1) is 16.9. The number of hydrogen-bond donors (Lipinski definition) is 3. The van der Waals surface area contributed by atoms with Crippen LogP contribution in [0.4, 0.5) is 9.59 Å². The summed E-state index contributed by atoms with van der Waals surface area (Å²) in [5.74, 6) is -1.69. The molecule has 0 aliphatic carbocycles. The van der Waals surface area contributed by atoms with Gasteiger partial charge >= 0.3 is 18.2 Å². The average Bonchev–Trinajstić information content (AvgIpc) is 2.86. The van der Waals surface area contributed by atoms with Gasteiger partial charge in [0.15, 0.2) is 0 Å². The van der Waals surface area contributed by atoms with E-state index in [-0.39, 0.29) is 39.4 Å². The van der Waals surface area contributed by atoms with E-state index >= 15 is 0 Å². The van der Waals surface area contributed by atoms with Gasteiger partial charge in [-0.15, -0.1) is 0 Å². The molecule has 0 bridgehead atoms. The summed E-state index contributed by atoms with van der Waals surface area (Å²) in [6.07, 6.45) is -1.29. The van der Waals surface area contributed by atoms with Crippen LogP contribution in [0.5, 0.6) is 0 Å². The molecule has 2 aromatic carbocycles. The molecule has 0 radical (unpaired) electrons. The zero-order valence-corrected chi connectivity index (χ0v) is 19.2. The van der Waals surface area contributed by atoms with Crippen molar-refractivity contribution in [3.05, 3.63) is 71.8 Å². The second-order valence-electron chi connectivity index (χ2n) is 7.24. The van der Waals surface area contributed by atoms with Crippen LogP contribution in [0.25, 0.3) is 0 Å². The van der Waals surface area contributed by atoms with Crippen molar-refractivity contribution in [2.24, 2.45) is 0 Å². The molecule has 3 amide bonds. The largest absolute Gasteiger partial charge is 0.480 e. The number of aliphatic carboxylic acids is 1. The van der Waals surface area contributed by atoms with Gasteiger partial charge in [0.1, 0.15) is 26.4 Å². The highest BCUT2D eigenvalue weighted by Crippen LogP contribution is 2.01. The fraction of sp³-hybridized carbons (Fsp3) is 0.333. The molecule has 3 N–H and O–H groups in total. The highest BCUT2D eigenvalue weighted by molar-refractivity contribution is 5.78. The van der Waals surface area contributed by atoms with Gasteiger partial charge in [0.2, 0.25) is 5.91 Å². The third-order valence-electron chi connectivity index (χ3n) is 4.53. The van der Waals surface area contributed by atoms with Crippen LogP contribution < -0.4 is 10.6 Å². The van der Waals surface area contributed by atoms with Crippen molar-refractivity contribution in [1.29, 1.82) is 0 Å². The second kappa shape index (κ2) is 15.7. The molecule has 35 heavy (non-hydrogen) atoms. The Balaban J connectivity index is 1.74. The Morgan fingerprint density at radius 1 is 0.714 bits per heavy atom. The van der Waals surface area contributed by atoms with Crippen molar-refractivity contribution in [1.82, 2.24) is 15.5 Å². The van der Waals surface area contributed by atoms with Crippen molar-refractivity contribution >= 4 is 24.1 Å². The van der Waals surface area contributed by atoms with E-state index in [4.69, 9.17) is 19.3 Å². The molecule has 2 rings (SSSR count). The first kappa shape index (κ1) is 27.1. The molecule has 0 saturated heterocycles. The number of carboxylic acid groups (broad SMARTS) is 1. The number of carbonyl (C=O) groups is 4. The summed E-state index contributed by atoms with van der Waals surface area (Å²) in [5.41, 5.74) is 1.67. The van der Waals surface area contributed by atoms with Crippen LogP contribution >= 0.6 is 0 Å². The first-order valence-corrected chi connectivity index (χ1v) is 10.9. The summed E-state index contributed by atoms with van der Waals surface area (Å²) in [7, 11) is 0. The lowest BCUT2D eigenvalue weighted by atomic mass is 10.2. The first-order valence-electron chi connectivity index (χ1n) is 10.9. The molecule has 2 aromatic rings. The molecule has 0 aliphatic rings. The van der Waals surface area contributed by atoms with E-state index in [2.05, 4.69) is 10.6 Å². The maximum atomic E-state index is 12.4. The van der Waals surface area contributed by atoms with Crippen LogP contribution in [0.2, 0.25) is 0 Å². The zero-order chi connectivity index (χ0) is 25.3. The third kappa shape index (κ3) is 12.1. The van der Waals surface area contributed by atoms with E-state index < -0.39 is 37.3 Å². The molecule has 0 aliphatic heterocycles. The highest BCUT2D eigenvalue weighted by Gasteiger charge is 2.15. The highest BCUT2D eigenvalue weighted by atomic mass is 16.6. The Kier molecular flexibility index (Phi) is 12.1. The normalized spacial score (nSPS) is 10.2. The number of carbonyl (C=O) groups excluding carboxylic acids is 3. The van der Waals surface area contributed by atoms with Crippen LogP contribution in [-0.2, 0) is 37.0 Å². The van der Waals surface area contributed by atoms with Crippen molar-refractivity contribution < 1.29 is 38.5 Å². The molecule has 0 fully saturated rings. The van der Waals surface area contributed by atoms with Crippen LogP contribution in [0.1, 0.15) is 11.1 Å². The van der Waals surface area contributed by atoms with E-state index in [9.17, 15) is 19.2 Å². The van der Waals surface area contributed by atoms with Crippen LogP contribution in [-0.4, -0.2) is 73.5 Å². The lowest BCUT2D eigenvalue weighted by Gasteiger charge is -2.23. The van der Waals surface area contributed by atoms with Gasteiger partial charge in [-0.1, -0.05) is 60.7 Å². The van der Waals surface area contributed by atoms with Crippen LogP contribution in [0.15, 0.2) is 60.7 Å². The molecule has 0 aromatic heterocycles. The minimum Gasteiger partial charge on any atom is -0.480 e. The van der Waals surface area contributed by atoms with Crippen molar-refractivity contribution in [2.45, 2.75) is 13.2 Å². The zero-order valence-electron chi connectivity index (χ0n) is 19.2. The molecular weight excluding hydrogens is 458 g/mol. The summed E-state index contributed by atoms with van der Waals surface area (Å²) in [6.45, 7) is -0.516. The Hall–Kier alpha value is -4.12. The number of nitrogens with one attached hydrogen (secondary N) is 2.